The van der Waals surface area contributed by atoms with Gasteiger partial charge in [0, 0.05) is 24.2 Å². The topological polar surface area (TPSA) is 97.9 Å². The lowest BCUT2D eigenvalue weighted by molar-refractivity contribution is -0.286. The number of allylic oxidation sites excluding steroid dienone is 3. The van der Waals surface area contributed by atoms with Gasteiger partial charge in [-0.3, -0.25) is 4.79 Å². The second-order valence-electron chi connectivity index (χ2n) is 7.59. The smallest absolute Gasteiger partial charge is 0.395 e. The Bertz CT molecular complexity index is 1120. The van der Waals surface area contributed by atoms with E-state index in [0.717, 1.165) is 0 Å². The predicted octanol–water partition coefficient (Wildman–Crippen LogP) is 2.97. The summed E-state index contributed by atoms with van der Waals surface area (Å²) in [6.45, 7) is -0.236. The van der Waals surface area contributed by atoms with E-state index in [9.17, 15) is 18.7 Å². The number of alkyl halides is 3. The van der Waals surface area contributed by atoms with Crippen LogP contribution in [0.3, 0.4) is 0 Å². The summed E-state index contributed by atoms with van der Waals surface area (Å²) in [5, 5.41) is 13.9. The molecule has 11 heteroatoms. The van der Waals surface area contributed by atoms with E-state index in [4.69, 9.17) is 16.1 Å². The molecule has 1 aromatic heterocycles. The average Bonchev–Trinajstić information content (AvgIpc) is 3.42. The zero-order chi connectivity index (χ0) is 21.8. The van der Waals surface area contributed by atoms with Gasteiger partial charge in [-0.25, -0.2) is 0 Å². The number of rotatable bonds is 4. The van der Waals surface area contributed by atoms with E-state index < -0.39 is 11.7 Å². The van der Waals surface area contributed by atoms with Crippen LogP contribution in [0, 0.1) is 0 Å². The van der Waals surface area contributed by atoms with Gasteiger partial charge in [-0.2, -0.15) is 4.98 Å². The normalized spacial score (nSPS) is 26.5. The minimum atomic E-state index is -3.73. The number of benzene rings is 1. The lowest BCUT2D eigenvalue weighted by atomic mass is 9.88. The third kappa shape index (κ3) is 3.45. The maximum absolute atomic E-state index is 13.2. The highest BCUT2D eigenvalue weighted by atomic mass is 35.5. The quantitative estimate of drug-likeness (QED) is 0.713. The van der Waals surface area contributed by atoms with Crippen molar-refractivity contribution in [1.82, 2.24) is 15.0 Å². The van der Waals surface area contributed by atoms with Gasteiger partial charge in [0.15, 0.2) is 11.5 Å². The van der Waals surface area contributed by atoms with Crippen LogP contribution in [0.1, 0.15) is 18.7 Å². The summed E-state index contributed by atoms with van der Waals surface area (Å²) in [5.41, 5.74) is -0.0258. The number of fused-ring (bicyclic) bond motifs is 1. The van der Waals surface area contributed by atoms with Gasteiger partial charge in [0.2, 0.25) is 17.6 Å². The highest BCUT2D eigenvalue weighted by Crippen LogP contribution is 2.43. The fourth-order valence-electron chi connectivity index (χ4n) is 3.81. The summed E-state index contributed by atoms with van der Waals surface area (Å²) in [6, 6.07) is 4.11. The molecule has 3 heterocycles. The molecule has 2 unspecified atom stereocenters. The molecule has 162 valence electrons. The van der Waals surface area contributed by atoms with Crippen molar-refractivity contribution >= 4 is 17.5 Å². The zero-order valence-electron chi connectivity index (χ0n) is 15.9. The van der Waals surface area contributed by atoms with Crippen LogP contribution in [0.5, 0.6) is 11.5 Å². The SMILES string of the molecule is O=C1CC(CO)(c2nc(-c3ccc4c(c3)OC(F)(F)O4)no2)CN1C1=CCC(Cl)C=C1. The van der Waals surface area contributed by atoms with E-state index in [1.165, 1.54) is 18.2 Å². The van der Waals surface area contributed by atoms with Gasteiger partial charge in [-0.05, 0) is 30.7 Å². The van der Waals surface area contributed by atoms with Gasteiger partial charge >= 0.3 is 6.29 Å². The Morgan fingerprint density at radius 2 is 2.10 bits per heavy atom. The maximum atomic E-state index is 13.2. The molecule has 1 N–H and O–H groups in total. The Balaban J connectivity index is 1.41. The molecule has 2 atom stereocenters. The number of aliphatic hydroxyl groups is 1. The van der Waals surface area contributed by atoms with Crippen molar-refractivity contribution in [3.8, 4) is 22.9 Å². The van der Waals surface area contributed by atoms with Crippen LogP contribution in [0.15, 0.2) is 46.6 Å². The first-order valence-corrected chi connectivity index (χ1v) is 9.90. The van der Waals surface area contributed by atoms with Crippen LogP contribution in [0.4, 0.5) is 8.78 Å². The van der Waals surface area contributed by atoms with Crippen LogP contribution in [0.2, 0.25) is 0 Å². The highest BCUT2D eigenvalue weighted by Gasteiger charge is 2.49. The van der Waals surface area contributed by atoms with Gasteiger partial charge in [0.05, 0.1) is 17.4 Å². The van der Waals surface area contributed by atoms with Crippen molar-refractivity contribution in [3.63, 3.8) is 0 Å². The minimum Gasteiger partial charge on any atom is -0.395 e. The van der Waals surface area contributed by atoms with Gasteiger partial charge in [-0.1, -0.05) is 17.3 Å². The van der Waals surface area contributed by atoms with Gasteiger partial charge in [0.25, 0.3) is 0 Å². The number of hydrogen-bond acceptors (Lipinski definition) is 7. The van der Waals surface area contributed by atoms with Crippen molar-refractivity contribution in [3.05, 3.63) is 48.0 Å². The first-order chi connectivity index (χ1) is 14.8. The molecule has 1 aliphatic carbocycles. The van der Waals surface area contributed by atoms with E-state index in [2.05, 4.69) is 19.6 Å². The number of hydrogen-bond donors (Lipinski definition) is 1. The molecule has 2 aromatic rings. The minimum absolute atomic E-state index is 0.0199. The molecule has 31 heavy (non-hydrogen) atoms. The number of ether oxygens (including phenoxy) is 2. The second kappa shape index (κ2) is 7.03. The summed E-state index contributed by atoms with van der Waals surface area (Å²) >= 11 is 6.05. The van der Waals surface area contributed by atoms with Crippen molar-refractivity contribution in [2.45, 2.75) is 29.9 Å². The molecule has 1 amide bonds. The third-order valence-corrected chi connectivity index (χ3v) is 5.76. The standard InChI is InChI=1S/C20H16ClF2N3O5/c21-12-2-4-13(5-3-12)26-9-19(10-27,8-16(26)28)18-24-17(25-31-18)11-1-6-14-15(7-11)30-20(22,23)29-14/h1-2,4-7,12,27H,3,8-10H2. The van der Waals surface area contributed by atoms with Gasteiger partial charge < -0.3 is 24.0 Å². The molecule has 0 radical (unpaired) electrons. The van der Waals surface area contributed by atoms with Crippen LogP contribution in [0.25, 0.3) is 11.4 Å². The highest BCUT2D eigenvalue weighted by molar-refractivity contribution is 6.22. The van der Waals surface area contributed by atoms with E-state index in [0.29, 0.717) is 17.7 Å². The number of carbonyl (C=O) groups excluding carboxylic acids is 1. The Morgan fingerprint density at radius 3 is 2.84 bits per heavy atom. The lowest BCUT2D eigenvalue weighted by Gasteiger charge is -2.24. The second-order valence-corrected chi connectivity index (χ2v) is 8.15. The molecule has 1 fully saturated rings. The Morgan fingerprint density at radius 1 is 1.29 bits per heavy atom. The molecule has 0 bridgehead atoms. The third-order valence-electron chi connectivity index (χ3n) is 5.43. The summed E-state index contributed by atoms with van der Waals surface area (Å²) in [4.78, 5) is 18.6. The van der Waals surface area contributed by atoms with Crippen molar-refractivity contribution < 1.29 is 32.7 Å². The van der Waals surface area contributed by atoms with E-state index >= 15 is 0 Å². The molecule has 2 aliphatic heterocycles. The van der Waals surface area contributed by atoms with Gasteiger partial charge in [-0.15, -0.1) is 20.4 Å². The molecule has 1 saturated heterocycles. The van der Waals surface area contributed by atoms with Crippen LogP contribution < -0.4 is 9.47 Å². The van der Waals surface area contributed by atoms with Crippen LogP contribution in [-0.4, -0.2) is 50.9 Å². The summed E-state index contributed by atoms with van der Waals surface area (Å²) in [5.74, 6) is -0.254. The van der Waals surface area contributed by atoms with Crippen molar-refractivity contribution in [2.75, 3.05) is 13.2 Å². The number of halogens is 3. The van der Waals surface area contributed by atoms with E-state index in [1.54, 1.807) is 17.1 Å². The van der Waals surface area contributed by atoms with Crippen molar-refractivity contribution in [2.24, 2.45) is 0 Å². The van der Waals surface area contributed by atoms with Crippen molar-refractivity contribution in [1.29, 1.82) is 0 Å². The fraction of sp³-hybridized carbons (Fsp3) is 0.350. The molecule has 0 spiro atoms. The molecule has 3 aliphatic rings. The largest absolute Gasteiger partial charge is 0.586 e. The number of aromatic nitrogens is 2. The number of carbonyl (C=O) groups is 1. The molecule has 8 nitrogen and oxygen atoms in total. The number of nitrogens with zero attached hydrogens (tertiary/aromatic N) is 3. The first kappa shape index (κ1) is 20.0. The monoisotopic (exact) mass is 451 g/mol. The molecular weight excluding hydrogens is 436 g/mol. The maximum Gasteiger partial charge on any atom is 0.586 e. The summed E-state index contributed by atoms with van der Waals surface area (Å²) in [6.07, 6.45) is 2.28. The molecule has 1 aromatic carbocycles. The van der Waals surface area contributed by atoms with Crippen LogP contribution in [-0.2, 0) is 10.2 Å². The molecule has 5 rings (SSSR count). The van der Waals surface area contributed by atoms with Gasteiger partial charge in [0.1, 0.15) is 0 Å². The van der Waals surface area contributed by atoms with Crippen LogP contribution >= 0.6 is 11.6 Å². The molecular formula is C20H16ClF2N3O5. The van der Waals surface area contributed by atoms with E-state index in [1.807, 2.05) is 6.08 Å². The predicted molar refractivity (Wildman–Crippen MR) is 103 cm³/mol. The fourth-order valence-corrected chi connectivity index (χ4v) is 3.97. The Hall–Kier alpha value is -2.98. The molecule has 0 saturated carbocycles. The lowest BCUT2D eigenvalue weighted by Crippen LogP contribution is -2.35. The Labute approximate surface area is 179 Å². The average molecular weight is 452 g/mol. The summed E-state index contributed by atoms with van der Waals surface area (Å²) < 4.78 is 40.7. The number of amides is 1. The summed E-state index contributed by atoms with van der Waals surface area (Å²) in [7, 11) is 0. The van der Waals surface area contributed by atoms with E-state index in [-0.39, 0.29) is 54.1 Å². The number of likely N-dealkylation sites (tertiary alicyclic amines) is 1. The number of aliphatic hydroxyl groups excluding tert-OH is 1. The Kier molecular flexibility index (Phi) is 4.52. The first-order valence-electron chi connectivity index (χ1n) is 9.47. The zero-order valence-corrected chi connectivity index (χ0v) is 16.7.